The minimum absolute atomic E-state index is 0.314. The fourth-order valence-electron chi connectivity index (χ4n) is 3.39. The zero-order valence-electron chi connectivity index (χ0n) is 17.9. The molecule has 0 radical (unpaired) electrons. The van der Waals surface area contributed by atoms with Gasteiger partial charge in [-0.3, -0.25) is 0 Å². The van der Waals surface area contributed by atoms with Crippen LogP contribution in [-0.2, 0) is 17.5 Å². The van der Waals surface area contributed by atoms with Gasteiger partial charge in [0.25, 0.3) is 0 Å². The Kier molecular flexibility index (Phi) is 6.01. The second-order valence-electron chi connectivity index (χ2n) is 7.27. The SMILES string of the molecule is COC(=O)c1ccc(-c2nc(CSc3nnc(C4COc5ccccc5O4)n3C)cs2)cc1. The Hall–Kier alpha value is -3.37. The van der Waals surface area contributed by atoms with Gasteiger partial charge in [0.2, 0.25) is 0 Å². The van der Waals surface area contributed by atoms with Gasteiger partial charge < -0.3 is 18.8 Å². The van der Waals surface area contributed by atoms with E-state index in [2.05, 4.69) is 10.2 Å². The van der Waals surface area contributed by atoms with Crippen LogP contribution in [0.25, 0.3) is 10.6 Å². The predicted molar refractivity (Wildman–Crippen MR) is 125 cm³/mol. The first-order chi connectivity index (χ1) is 16.1. The van der Waals surface area contributed by atoms with Crippen LogP contribution >= 0.6 is 23.1 Å². The largest absolute Gasteiger partial charge is 0.485 e. The summed E-state index contributed by atoms with van der Waals surface area (Å²) < 4.78 is 18.5. The van der Waals surface area contributed by atoms with Gasteiger partial charge in [-0.2, -0.15) is 0 Å². The van der Waals surface area contributed by atoms with Gasteiger partial charge in [0, 0.05) is 23.7 Å². The lowest BCUT2D eigenvalue weighted by atomic mass is 10.1. The first-order valence-corrected chi connectivity index (χ1v) is 12.0. The molecule has 33 heavy (non-hydrogen) atoms. The predicted octanol–water partition coefficient (Wildman–Crippen LogP) is 4.53. The van der Waals surface area contributed by atoms with E-state index in [0.717, 1.165) is 33.0 Å². The van der Waals surface area contributed by atoms with E-state index in [4.69, 9.17) is 19.2 Å². The van der Waals surface area contributed by atoms with Crippen LogP contribution in [0.15, 0.2) is 59.1 Å². The average molecular weight is 481 g/mol. The number of benzene rings is 2. The van der Waals surface area contributed by atoms with Gasteiger partial charge in [-0.15, -0.1) is 21.5 Å². The fraction of sp³-hybridized carbons (Fsp3) is 0.217. The Morgan fingerprint density at radius 2 is 1.97 bits per heavy atom. The molecule has 0 aliphatic carbocycles. The Labute approximate surface area is 198 Å². The molecule has 1 unspecified atom stereocenters. The van der Waals surface area contributed by atoms with E-state index in [1.165, 1.54) is 7.11 Å². The average Bonchev–Trinajstić information content (AvgIpc) is 3.48. The van der Waals surface area contributed by atoms with Gasteiger partial charge in [0.15, 0.2) is 28.6 Å². The molecule has 8 nitrogen and oxygen atoms in total. The summed E-state index contributed by atoms with van der Waals surface area (Å²) in [5.41, 5.74) is 2.43. The molecule has 0 fully saturated rings. The summed E-state index contributed by atoms with van der Waals surface area (Å²) in [5, 5.41) is 12.4. The quantitative estimate of drug-likeness (QED) is 0.294. The van der Waals surface area contributed by atoms with E-state index >= 15 is 0 Å². The molecule has 0 saturated carbocycles. The van der Waals surface area contributed by atoms with Crippen LogP contribution in [0.1, 0.15) is 28.0 Å². The Bertz CT molecular complexity index is 1290. The van der Waals surface area contributed by atoms with Crippen molar-refractivity contribution < 1.29 is 19.0 Å². The standard InChI is InChI=1S/C23H20N4O4S2/c1-27-20(19-11-30-17-5-3-4-6-18(17)31-19)25-26-23(27)33-13-16-12-32-21(24-16)14-7-9-15(10-8-14)22(28)29-2/h3-10,12,19H,11,13H2,1-2H3. The molecule has 4 aromatic rings. The van der Waals surface area contributed by atoms with Crippen LogP contribution in [0.3, 0.4) is 0 Å². The van der Waals surface area contributed by atoms with Crippen LogP contribution < -0.4 is 9.47 Å². The molecule has 0 amide bonds. The number of carbonyl (C=O) groups is 1. The van der Waals surface area contributed by atoms with E-state index in [1.807, 2.05) is 53.4 Å². The van der Waals surface area contributed by atoms with Gasteiger partial charge in [-0.25, -0.2) is 9.78 Å². The van der Waals surface area contributed by atoms with Gasteiger partial charge in [0.1, 0.15) is 11.6 Å². The lowest BCUT2D eigenvalue weighted by molar-refractivity contribution is 0.0600. The van der Waals surface area contributed by atoms with Crippen molar-refractivity contribution in [2.45, 2.75) is 17.0 Å². The molecular weight excluding hydrogens is 460 g/mol. The second-order valence-corrected chi connectivity index (χ2v) is 9.07. The molecular formula is C23H20N4O4S2. The fourth-order valence-corrected chi connectivity index (χ4v) is 5.13. The van der Waals surface area contributed by atoms with Crippen molar-refractivity contribution in [1.82, 2.24) is 19.7 Å². The minimum Gasteiger partial charge on any atom is -0.485 e. The highest BCUT2D eigenvalue weighted by Crippen LogP contribution is 2.36. The third-order valence-electron chi connectivity index (χ3n) is 5.12. The molecule has 0 spiro atoms. The number of hydrogen-bond acceptors (Lipinski definition) is 9. The summed E-state index contributed by atoms with van der Waals surface area (Å²) >= 11 is 3.13. The number of esters is 1. The Morgan fingerprint density at radius 1 is 1.18 bits per heavy atom. The molecule has 0 N–H and O–H groups in total. The number of ether oxygens (including phenoxy) is 3. The van der Waals surface area contributed by atoms with Gasteiger partial charge in [0.05, 0.1) is 18.4 Å². The van der Waals surface area contributed by atoms with Crippen molar-refractivity contribution in [2.75, 3.05) is 13.7 Å². The number of hydrogen-bond donors (Lipinski definition) is 0. The summed E-state index contributed by atoms with van der Waals surface area (Å²) in [5.74, 6) is 2.48. The third-order valence-corrected chi connectivity index (χ3v) is 7.11. The number of thioether (sulfide) groups is 1. The normalized spacial score (nSPS) is 14.8. The summed E-state index contributed by atoms with van der Waals surface area (Å²) in [6.07, 6.45) is -0.314. The molecule has 2 aromatic heterocycles. The number of aromatic nitrogens is 4. The van der Waals surface area contributed by atoms with Crippen LogP contribution in [0, 0.1) is 0 Å². The van der Waals surface area contributed by atoms with Gasteiger partial charge >= 0.3 is 5.97 Å². The topological polar surface area (TPSA) is 88.4 Å². The van der Waals surface area contributed by atoms with E-state index in [-0.39, 0.29) is 12.1 Å². The van der Waals surface area contributed by atoms with E-state index in [0.29, 0.717) is 23.7 Å². The zero-order valence-corrected chi connectivity index (χ0v) is 19.6. The monoisotopic (exact) mass is 480 g/mol. The van der Waals surface area contributed by atoms with Crippen LogP contribution in [0.4, 0.5) is 0 Å². The van der Waals surface area contributed by atoms with Crippen molar-refractivity contribution in [3.63, 3.8) is 0 Å². The number of thiazole rings is 1. The smallest absolute Gasteiger partial charge is 0.337 e. The van der Waals surface area contributed by atoms with Gasteiger partial charge in [-0.05, 0) is 24.3 Å². The van der Waals surface area contributed by atoms with Crippen LogP contribution in [0.5, 0.6) is 11.5 Å². The maximum Gasteiger partial charge on any atom is 0.337 e. The van der Waals surface area contributed by atoms with E-state index < -0.39 is 0 Å². The summed E-state index contributed by atoms with van der Waals surface area (Å²) in [7, 11) is 3.30. The summed E-state index contributed by atoms with van der Waals surface area (Å²) in [6.45, 7) is 0.387. The highest BCUT2D eigenvalue weighted by Gasteiger charge is 2.27. The first kappa shape index (κ1) is 21.5. The zero-order chi connectivity index (χ0) is 22.8. The molecule has 3 heterocycles. The second kappa shape index (κ2) is 9.24. The molecule has 1 aliphatic heterocycles. The Morgan fingerprint density at radius 3 is 2.76 bits per heavy atom. The van der Waals surface area contributed by atoms with Crippen LogP contribution in [0.2, 0.25) is 0 Å². The number of nitrogens with zero attached hydrogens (tertiary/aromatic N) is 4. The number of methoxy groups -OCH3 is 1. The number of para-hydroxylation sites is 2. The van der Waals surface area contributed by atoms with Crippen molar-refractivity contribution in [3.8, 4) is 22.1 Å². The molecule has 2 aromatic carbocycles. The molecule has 1 atom stereocenters. The lowest BCUT2D eigenvalue weighted by Gasteiger charge is -2.25. The molecule has 0 bridgehead atoms. The van der Waals surface area contributed by atoms with Crippen molar-refractivity contribution in [1.29, 1.82) is 0 Å². The summed E-state index contributed by atoms with van der Waals surface area (Å²) in [6, 6.07) is 14.8. The van der Waals surface area contributed by atoms with Crippen molar-refractivity contribution >= 4 is 29.1 Å². The Balaban J connectivity index is 1.24. The first-order valence-electron chi connectivity index (χ1n) is 10.2. The van der Waals surface area contributed by atoms with Gasteiger partial charge in [-0.1, -0.05) is 36.0 Å². The number of rotatable bonds is 6. The highest BCUT2D eigenvalue weighted by molar-refractivity contribution is 7.98. The number of carbonyl (C=O) groups excluding carboxylic acids is 1. The minimum atomic E-state index is -0.352. The molecule has 10 heteroatoms. The van der Waals surface area contributed by atoms with E-state index in [9.17, 15) is 4.79 Å². The molecule has 168 valence electrons. The molecule has 5 rings (SSSR count). The molecule has 1 aliphatic rings. The van der Waals surface area contributed by atoms with Crippen LogP contribution in [-0.4, -0.2) is 39.4 Å². The maximum absolute atomic E-state index is 11.6. The summed E-state index contributed by atoms with van der Waals surface area (Å²) in [4.78, 5) is 16.3. The lowest BCUT2D eigenvalue weighted by Crippen LogP contribution is -2.24. The third kappa shape index (κ3) is 4.44. The van der Waals surface area contributed by atoms with Crippen molar-refractivity contribution in [3.05, 3.63) is 71.0 Å². The molecule has 0 saturated heterocycles. The van der Waals surface area contributed by atoms with E-state index in [1.54, 1.807) is 35.2 Å². The number of fused-ring (bicyclic) bond motifs is 1. The maximum atomic E-state index is 11.6. The highest BCUT2D eigenvalue weighted by atomic mass is 32.2. The van der Waals surface area contributed by atoms with Crippen molar-refractivity contribution in [2.24, 2.45) is 7.05 Å².